The van der Waals surface area contributed by atoms with Gasteiger partial charge in [0.25, 0.3) is 0 Å². The van der Waals surface area contributed by atoms with Crippen molar-refractivity contribution in [3.8, 4) is 11.6 Å². The highest BCUT2D eigenvalue weighted by Crippen LogP contribution is 2.28. The highest BCUT2D eigenvalue weighted by Gasteiger charge is 2.09. The molecule has 0 unspecified atom stereocenters. The van der Waals surface area contributed by atoms with Crippen LogP contribution in [-0.2, 0) is 5.88 Å². The van der Waals surface area contributed by atoms with Gasteiger partial charge in [0.2, 0.25) is 5.88 Å². The van der Waals surface area contributed by atoms with Gasteiger partial charge < -0.3 is 4.74 Å². The van der Waals surface area contributed by atoms with Gasteiger partial charge in [0.1, 0.15) is 0 Å². The summed E-state index contributed by atoms with van der Waals surface area (Å²) < 4.78 is 19.6. The van der Waals surface area contributed by atoms with Gasteiger partial charge in [0.15, 0.2) is 11.6 Å². The number of halogens is 3. The first-order chi connectivity index (χ1) is 8.20. The molecule has 2 rings (SSSR count). The van der Waals surface area contributed by atoms with E-state index in [0.29, 0.717) is 10.4 Å². The summed E-state index contributed by atoms with van der Waals surface area (Å²) in [6.07, 6.45) is 1.57. The van der Waals surface area contributed by atoms with E-state index < -0.39 is 5.82 Å². The lowest BCUT2D eigenvalue weighted by Crippen LogP contribution is -1.94. The van der Waals surface area contributed by atoms with Crippen molar-refractivity contribution in [1.82, 2.24) is 4.98 Å². The van der Waals surface area contributed by atoms with E-state index in [9.17, 15) is 4.39 Å². The minimum Gasteiger partial charge on any atom is -0.436 e. The van der Waals surface area contributed by atoms with Crippen molar-refractivity contribution in [2.45, 2.75) is 5.88 Å². The van der Waals surface area contributed by atoms with Crippen molar-refractivity contribution in [2.75, 3.05) is 0 Å². The number of hydrogen-bond donors (Lipinski definition) is 0. The third kappa shape index (κ3) is 2.96. The maximum atomic E-state index is 13.6. The molecular weight excluding hydrogens is 308 g/mol. The number of hydrogen-bond acceptors (Lipinski definition) is 2. The number of aromatic nitrogens is 1. The molecule has 1 heterocycles. The lowest BCUT2D eigenvalue weighted by Gasteiger charge is -2.08. The lowest BCUT2D eigenvalue weighted by molar-refractivity contribution is 0.424. The molecule has 0 radical (unpaired) electrons. The van der Waals surface area contributed by atoms with Crippen LogP contribution >= 0.6 is 27.5 Å². The highest BCUT2D eigenvalue weighted by molar-refractivity contribution is 9.10. The molecule has 0 atom stereocenters. The van der Waals surface area contributed by atoms with Crippen LogP contribution in [-0.4, -0.2) is 4.98 Å². The van der Waals surface area contributed by atoms with E-state index in [4.69, 9.17) is 16.3 Å². The molecule has 0 aliphatic heterocycles. The maximum Gasteiger partial charge on any atom is 0.223 e. The molecule has 88 valence electrons. The first-order valence-electron chi connectivity index (χ1n) is 4.83. The summed E-state index contributed by atoms with van der Waals surface area (Å²) in [7, 11) is 0. The van der Waals surface area contributed by atoms with Gasteiger partial charge in [-0.2, -0.15) is 0 Å². The Labute approximate surface area is 112 Å². The highest BCUT2D eigenvalue weighted by atomic mass is 79.9. The number of nitrogens with zero attached hydrogens (tertiary/aromatic N) is 1. The Morgan fingerprint density at radius 2 is 2.18 bits per heavy atom. The summed E-state index contributed by atoms with van der Waals surface area (Å²) >= 11 is 8.92. The fourth-order valence-corrected chi connectivity index (χ4v) is 1.82. The lowest BCUT2D eigenvalue weighted by atomic mass is 10.3. The topological polar surface area (TPSA) is 22.1 Å². The molecule has 1 aromatic heterocycles. The zero-order valence-electron chi connectivity index (χ0n) is 8.66. The maximum absolute atomic E-state index is 13.6. The third-order valence-corrected chi connectivity index (χ3v) is 2.88. The third-order valence-electron chi connectivity index (χ3n) is 2.09. The summed E-state index contributed by atoms with van der Waals surface area (Å²) in [5.74, 6) is 0.258. The number of rotatable bonds is 3. The molecule has 0 bridgehead atoms. The van der Waals surface area contributed by atoms with Crippen LogP contribution in [0.2, 0.25) is 0 Å². The fraction of sp³-hybridized carbons (Fsp3) is 0.0833. The number of ether oxygens (including phenoxy) is 1. The van der Waals surface area contributed by atoms with Gasteiger partial charge in [-0.1, -0.05) is 22.0 Å². The van der Waals surface area contributed by atoms with Crippen LogP contribution < -0.4 is 4.74 Å². The molecule has 0 saturated carbocycles. The zero-order chi connectivity index (χ0) is 12.3. The van der Waals surface area contributed by atoms with E-state index in [1.54, 1.807) is 24.4 Å². The van der Waals surface area contributed by atoms with Crippen LogP contribution in [0.4, 0.5) is 4.39 Å². The number of alkyl halides is 1. The summed E-state index contributed by atoms with van der Waals surface area (Å²) in [4.78, 5) is 4.02. The molecule has 0 fully saturated rings. The van der Waals surface area contributed by atoms with Gasteiger partial charge in [-0.05, 0) is 24.3 Å². The molecular formula is C12H8BrClFNO. The van der Waals surface area contributed by atoms with Crippen molar-refractivity contribution >= 4 is 27.5 Å². The van der Waals surface area contributed by atoms with Crippen LogP contribution in [0.5, 0.6) is 11.6 Å². The Hall–Kier alpha value is -1.13. The number of benzene rings is 1. The van der Waals surface area contributed by atoms with Gasteiger partial charge in [-0.25, -0.2) is 9.37 Å². The summed E-state index contributed by atoms with van der Waals surface area (Å²) in [5, 5.41) is 0. The average Bonchev–Trinajstić information content (AvgIpc) is 2.33. The van der Waals surface area contributed by atoms with Crippen LogP contribution in [0.3, 0.4) is 0 Å². The minimum absolute atomic E-state index is 0.123. The molecule has 0 aliphatic rings. The molecule has 0 spiro atoms. The Morgan fingerprint density at radius 3 is 2.88 bits per heavy atom. The SMILES string of the molecule is Fc1cc(Br)ccc1Oc1ncccc1CCl. The molecule has 0 saturated heterocycles. The van der Waals surface area contributed by atoms with Crippen molar-refractivity contribution < 1.29 is 9.13 Å². The van der Waals surface area contributed by atoms with Crippen molar-refractivity contribution in [3.05, 3.63) is 52.4 Å². The predicted molar refractivity (Wildman–Crippen MR) is 68.0 cm³/mol. The second kappa shape index (κ2) is 5.47. The molecule has 0 N–H and O–H groups in total. The Balaban J connectivity index is 2.31. The van der Waals surface area contributed by atoms with Crippen LogP contribution in [0.1, 0.15) is 5.56 Å². The van der Waals surface area contributed by atoms with Gasteiger partial charge in [-0.15, -0.1) is 11.6 Å². The van der Waals surface area contributed by atoms with E-state index in [2.05, 4.69) is 20.9 Å². The zero-order valence-corrected chi connectivity index (χ0v) is 11.0. The van der Waals surface area contributed by atoms with Crippen LogP contribution in [0, 0.1) is 5.82 Å². The largest absolute Gasteiger partial charge is 0.436 e. The molecule has 5 heteroatoms. The standard InChI is InChI=1S/C12H8BrClFNO/c13-9-3-4-11(10(15)6-9)17-12-8(7-14)2-1-5-16-12/h1-6H,7H2. The van der Waals surface area contributed by atoms with Crippen molar-refractivity contribution in [1.29, 1.82) is 0 Å². The normalized spacial score (nSPS) is 10.3. The molecule has 17 heavy (non-hydrogen) atoms. The molecule has 2 nitrogen and oxygen atoms in total. The predicted octanol–water partition coefficient (Wildman–Crippen LogP) is 4.51. The van der Waals surface area contributed by atoms with Gasteiger partial charge in [-0.3, -0.25) is 0 Å². The number of pyridine rings is 1. The first-order valence-corrected chi connectivity index (χ1v) is 6.16. The van der Waals surface area contributed by atoms with E-state index in [-0.39, 0.29) is 11.6 Å². The van der Waals surface area contributed by atoms with E-state index in [1.165, 1.54) is 12.1 Å². The van der Waals surface area contributed by atoms with E-state index in [0.717, 1.165) is 5.56 Å². The molecule has 2 aromatic rings. The van der Waals surface area contributed by atoms with E-state index >= 15 is 0 Å². The van der Waals surface area contributed by atoms with Crippen molar-refractivity contribution in [3.63, 3.8) is 0 Å². The second-order valence-corrected chi connectivity index (χ2v) is 4.46. The van der Waals surface area contributed by atoms with Crippen LogP contribution in [0.15, 0.2) is 41.0 Å². The minimum atomic E-state index is -0.453. The summed E-state index contributed by atoms with van der Waals surface area (Å²) in [5.41, 5.74) is 0.719. The smallest absolute Gasteiger partial charge is 0.223 e. The van der Waals surface area contributed by atoms with Crippen LogP contribution in [0.25, 0.3) is 0 Å². The van der Waals surface area contributed by atoms with E-state index in [1.807, 2.05) is 0 Å². The Morgan fingerprint density at radius 1 is 1.35 bits per heavy atom. The van der Waals surface area contributed by atoms with Gasteiger partial charge in [0.05, 0.1) is 5.88 Å². The summed E-state index contributed by atoms with van der Waals surface area (Å²) in [6.45, 7) is 0. The molecule has 0 amide bonds. The van der Waals surface area contributed by atoms with Gasteiger partial charge >= 0.3 is 0 Å². The summed E-state index contributed by atoms with van der Waals surface area (Å²) in [6, 6.07) is 8.10. The van der Waals surface area contributed by atoms with Crippen molar-refractivity contribution in [2.24, 2.45) is 0 Å². The Kier molecular flexibility index (Phi) is 3.97. The second-order valence-electron chi connectivity index (χ2n) is 3.28. The quantitative estimate of drug-likeness (QED) is 0.777. The molecule has 1 aromatic carbocycles. The molecule has 0 aliphatic carbocycles. The fourth-order valence-electron chi connectivity index (χ4n) is 1.28. The van der Waals surface area contributed by atoms with Gasteiger partial charge in [0, 0.05) is 16.2 Å². The first kappa shape index (κ1) is 12.3. The monoisotopic (exact) mass is 315 g/mol. The average molecular weight is 317 g/mol. The Bertz CT molecular complexity index is 536.